The lowest BCUT2D eigenvalue weighted by atomic mass is 10.6. The van der Waals surface area contributed by atoms with Gasteiger partial charge in [-0.3, -0.25) is 0 Å². The summed E-state index contributed by atoms with van der Waals surface area (Å²) < 4.78 is 0.425. The summed E-state index contributed by atoms with van der Waals surface area (Å²) >= 11 is 0. The molecule has 0 radical (unpaired) electrons. The summed E-state index contributed by atoms with van der Waals surface area (Å²) in [5.41, 5.74) is 0.160. The first kappa shape index (κ1) is 6.65. The van der Waals surface area contributed by atoms with Gasteiger partial charge in [0.15, 0.2) is 5.65 Å². The van der Waals surface area contributed by atoms with Gasteiger partial charge in [-0.15, -0.1) is 4.73 Å². The Hall–Kier alpha value is -2.05. The van der Waals surface area contributed by atoms with Crippen LogP contribution in [0.3, 0.4) is 0 Å². The van der Waals surface area contributed by atoms with Crippen molar-refractivity contribution in [2.45, 2.75) is 0 Å². The zero-order valence-electron chi connectivity index (χ0n) is 5.71. The fourth-order valence-corrected chi connectivity index (χ4v) is 0.839. The van der Waals surface area contributed by atoms with Crippen LogP contribution in [0.2, 0.25) is 0 Å². The van der Waals surface area contributed by atoms with Gasteiger partial charge in [0.25, 0.3) is 0 Å². The van der Waals surface area contributed by atoms with Crippen molar-refractivity contribution in [3.05, 3.63) is 6.20 Å². The van der Waals surface area contributed by atoms with Gasteiger partial charge in [0.2, 0.25) is 0 Å². The molecule has 0 amide bonds. The van der Waals surface area contributed by atoms with Crippen molar-refractivity contribution >= 4 is 11.2 Å². The summed E-state index contributed by atoms with van der Waals surface area (Å²) in [7, 11) is 0. The van der Waals surface area contributed by atoms with E-state index in [1.807, 2.05) is 0 Å². The quantitative estimate of drug-likeness (QED) is 0.457. The highest BCUT2D eigenvalue weighted by Crippen LogP contribution is 2.16. The third-order valence-corrected chi connectivity index (χ3v) is 1.36. The van der Waals surface area contributed by atoms with Crippen LogP contribution in [-0.4, -0.2) is 35.1 Å². The van der Waals surface area contributed by atoms with Gasteiger partial charge in [-0.25, -0.2) is 4.98 Å². The van der Waals surface area contributed by atoms with Crippen molar-refractivity contribution in [1.82, 2.24) is 19.7 Å². The van der Waals surface area contributed by atoms with E-state index < -0.39 is 12.0 Å². The van der Waals surface area contributed by atoms with Crippen LogP contribution in [0.4, 0.5) is 0 Å². The van der Waals surface area contributed by atoms with Crippen LogP contribution in [0.15, 0.2) is 6.20 Å². The standard InChI is InChI=1S/C5H4N4O3/c10-4-6-1-2-3(7-4)8-5(11)9(2)12/h1,12H,(H2,6,7,8,10,11). The molecule has 7 heteroatoms. The van der Waals surface area contributed by atoms with Gasteiger partial charge in [0.1, 0.15) is 5.52 Å². The zero-order chi connectivity index (χ0) is 8.72. The van der Waals surface area contributed by atoms with Gasteiger partial charge in [-0.05, 0) is 0 Å². The smallest absolute Gasteiger partial charge is 0.330 e. The minimum atomic E-state index is -0.593. The normalized spacial score (nSPS) is 10.7. The Balaban J connectivity index is 2.87. The van der Waals surface area contributed by atoms with E-state index in [9.17, 15) is 0 Å². The Kier molecular flexibility index (Phi) is 1.09. The number of hydrogen-bond donors (Lipinski definition) is 3. The average Bonchev–Trinajstić information content (AvgIpc) is 2.28. The molecule has 0 unspecified atom stereocenters. The average molecular weight is 168 g/mol. The number of imidazole rings is 1. The number of rotatable bonds is 0. The summed E-state index contributed by atoms with van der Waals surface area (Å²) in [6.45, 7) is 0. The van der Waals surface area contributed by atoms with Crippen LogP contribution in [0, 0.1) is 0 Å². The molecule has 62 valence electrons. The first-order valence-electron chi connectivity index (χ1n) is 3.01. The summed E-state index contributed by atoms with van der Waals surface area (Å²) in [4.78, 5) is 10.3. The third kappa shape index (κ3) is 0.729. The maximum absolute atomic E-state index is 9.03. The van der Waals surface area contributed by atoms with Gasteiger partial charge in [0.05, 0.1) is 6.20 Å². The minimum Gasteiger partial charge on any atom is -0.479 e. The van der Waals surface area contributed by atoms with Gasteiger partial charge in [-0.2, -0.15) is 9.97 Å². The molecule has 2 aromatic rings. The van der Waals surface area contributed by atoms with E-state index in [2.05, 4.69) is 15.0 Å². The summed E-state index contributed by atoms with van der Waals surface area (Å²) in [6, 6.07) is -1.05. The van der Waals surface area contributed by atoms with E-state index in [-0.39, 0.29) is 11.2 Å². The highest BCUT2D eigenvalue weighted by atomic mass is 16.5. The van der Waals surface area contributed by atoms with Gasteiger partial charge >= 0.3 is 12.0 Å². The topological polar surface area (TPSA) is 104 Å². The highest BCUT2D eigenvalue weighted by molar-refractivity contribution is 5.70. The Labute approximate surface area is 65.5 Å². The van der Waals surface area contributed by atoms with Gasteiger partial charge in [0, 0.05) is 0 Å². The summed E-state index contributed by atoms with van der Waals surface area (Å²) in [5, 5.41) is 26.7. The number of aromatic hydroxyl groups is 2. The van der Waals surface area contributed by atoms with Crippen molar-refractivity contribution in [1.29, 1.82) is 0 Å². The maximum Gasteiger partial charge on any atom is 0.330 e. The molecule has 12 heavy (non-hydrogen) atoms. The molecule has 0 atom stereocenters. The monoisotopic (exact) mass is 168 g/mol. The first-order chi connectivity index (χ1) is 5.68. The number of aromatic nitrogens is 4. The molecular formula is C5H4N4O3. The molecule has 0 saturated carbocycles. The van der Waals surface area contributed by atoms with E-state index in [4.69, 9.17) is 15.4 Å². The lowest BCUT2D eigenvalue weighted by Gasteiger charge is -1.91. The first-order valence-corrected chi connectivity index (χ1v) is 3.01. The zero-order valence-corrected chi connectivity index (χ0v) is 5.71. The van der Waals surface area contributed by atoms with Crippen LogP contribution >= 0.6 is 0 Å². The van der Waals surface area contributed by atoms with Crippen LogP contribution in [-0.2, 0) is 0 Å². The molecule has 3 N–H and O–H groups in total. The molecule has 2 rings (SSSR count). The second-order valence-corrected chi connectivity index (χ2v) is 2.10. The van der Waals surface area contributed by atoms with E-state index >= 15 is 0 Å². The predicted molar refractivity (Wildman–Crippen MR) is 35.8 cm³/mol. The SMILES string of the molecule is Oc1ncc2c(n1)nc(O)n2O. The highest BCUT2D eigenvalue weighted by Gasteiger charge is 2.10. The van der Waals surface area contributed by atoms with Crippen molar-refractivity contribution in [3.63, 3.8) is 0 Å². The van der Waals surface area contributed by atoms with Crippen LogP contribution in [0.1, 0.15) is 0 Å². The van der Waals surface area contributed by atoms with Crippen LogP contribution < -0.4 is 0 Å². The van der Waals surface area contributed by atoms with Crippen molar-refractivity contribution in [2.24, 2.45) is 0 Å². The largest absolute Gasteiger partial charge is 0.479 e. The minimum absolute atomic E-state index is 0.0301. The molecule has 0 aliphatic carbocycles. The van der Waals surface area contributed by atoms with E-state index in [1.54, 1.807) is 0 Å². The molecule has 2 heterocycles. The lowest BCUT2D eigenvalue weighted by Crippen LogP contribution is -1.89. The molecule has 0 saturated heterocycles. The molecule has 7 nitrogen and oxygen atoms in total. The van der Waals surface area contributed by atoms with Crippen molar-refractivity contribution in [3.8, 4) is 12.0 Å². The molecule has 0 bridgehead atoms. The Morgan fingerprint density at radius 1 is 1.25 bits per heavy atom. The van der Waals surface area contributed by atoms with Crippen molar-refractivity contribution < 1.29 is 15.4 Å². The molecule has 0 aliphatic rings. The van der Waals surface area contributed by atoms with E-state index in [0.717, 1.165) is 6.20 Å². The number of nitrogens with zero attached hydrogens (tertiary/aromatic N) is 4. The maximum atomic E-state index is 9.03. The van der Waals surface area contributed by atoms with Crippen molar-refractivity contribution in [2.75, 3.05) is 0 Å². The predicted octanol–water partition coefficient (Wildman–Crippen LogP) is -0.525. The second-order valence-electron chi connectivity index (χ2n) is 2.10. The Morgan fingerprint density at radius 2 is 2.00 bits per heavy atom. The fourth-order valence-electron chi connectivity index (χ4n) is 0.839. The summed E-state index contributed by atoms with van der Waals surface area (Å²) in [6.07, 6.45) is 1.14. The van der Waals surface area contributed by atoms with E-state index in [0.29, 0.717) is 4.73 Å². The van der Waals surface area contributed by atoms with Crippen LogP contribution in [0.5, 0.6) is 12.0 Å². The van der Waals surface area contributed by atoms with Gasteiger partial charge < -0.3 is 15.4 Å². The lowest BCUT2D eigenvalue weighted by molar-refractivity contribution is 0.162. The number of hydrogen-bond acceptors (Lipinski definition) is 6. The number of fused-ring (bicyclic) bond motifs is 1. The second kappa shape index (κ2) is 1.97. The molecule has 0 spiro atoms. The Bertz CT molecular complexity index is 437. The molecule has 0 aliphatic heterocycles. The third-order valence-electron chi connectivity index (χ3n) is 1.36. The summed E-state index contributed by atoms with van der Waals surface area (Å²) in [5.74, 6) is 0. The molecule has 2 aromatic heterocycles. The fraction of sp³-hybridized carbons (Fsp3) is 0. The Morgan fingerprint density at radius 3 is 2.75 bits per heavy atom. The molecule has 0 fully saturated rings. The van der Waals surface area contributed by atoms with Crippen LogP contribution in [0.25, 0.3) is 11.2 Å². The molecule has 0 aromatic carbocycles. The molecular weight excluding hydrogens is 164 g/mol. The van der Waals surface area contributed by atoms with Gasteiger partial charge in [-0.1, -0.05) is 0 Å². The van der Waals surface area contributed by atoms with E-state index in [1.165, 1.54) is 0 Å².